The summed E-state index contributed by atoms with van der Waals surface area (Å²) in [6.07, 6.45) is 0.176. The monoisotopic (exact) mass is 539 g/mol. The van der Waals surface area contributed by atoms with Gasteiger partial charge in [0.15, 0.2) is 0 Å². The molecule has 0 saturated heterocycles. The summed E-state index contributed by atoms with van der Waals surface area (Å²) in [6.45, 7) is 6.29. The Hall–Kier alpha value is -4.50. The number of aromatic nitrogens is 3. The molecule has 198 valence electrons. The van der Waals surface area contributed by atoms with Crippen molar-refractivity contribution >= 4 is 40.4 Å². The maximum atomic E-state index is 12.9. The number of nitrogens with zero attached hydrogens (tertiary/aromatic N) is 2. The number of H-pyrrole nitrogens is 1. The fourth-order valence-electron chi connectivity index (χ4n) is 4.76. The van der Waals surface area contributed by atoms with E-state index in [4.69, 9.17) is 0 Å². The molecule has 9 heteroatoms. The number of carbonyl (C=O) groups is 2. The highest BCUT2D eigenvalue weighted by Crippen LogP contribution is 2.24. The van der Waals surface area contributed by atoms with Gasteiger partial charge in [0.05, 0.1) is 23.3 Å². The molecule has 1 atom stereocenters. The second kappa shape index (κ2) is 11.1. The minimum Gasteiger partial charge on any atom is -0.480 e. The normalized spacial score (nSPS) is 11.9. The van der Waals surface area contributed by atoms with E-state index in [2.05, 4.69) is 25.0 Å². The molecule has 0 fully saturated rings. The lowest BCUT2D eigenvalue weighted by Crippen LogP contribution is -2.42. The number of carbonyl (C=O) groups excluding carboxylic acids is 1. The number of fused-ring (bicyclic) bond motifs is 1. The minimum atomic E-state index is -1.07. The predicted molar refractivity (Wildman–Crippen MR) is 154 cm³/mol. The molecule has 5 aromatic rings. The van der Waals surface area contributed by atoms with E-state index < -0.39 is 12.0 Å². The topological polar surface area (TPSA) is 120 Å². The van der Waals surface area contributed by atoms with Crippen LogP contribution in [-0.2, 0) is 17.8 Å². The fraction of sp³-hybridized carbons (Fsp3) is 0.200. The summed E-state index contributed by atoms with van der Waals surface area (Å²) in [5.74, 6) is -0.737. The number of aryl methyl sites for hydroxylation is 3. The van der Waals surface area contributed by atoms with Gasteiger partial charge >= 0.3 is 5.97 Å². The van der Waals surface area contributed by atoms with Gasteiger partial charge in [-0.15, -0.1) is 0 Å². The smallest absolute Gasteiger partial charge is 0.326 e. The Bertz CT molecular complexity index is 1600. The molecule has 0 bridgehead atoms. The maximum absolute atomic E-state index is 12.9. The molecule has 0 saturated carbocycles. The molecule has 8 nitrogen and oxygen atoms in total. The summed E-state index contributed by atoms with van der Waals surface area (Å²) in [4.78, 5) is 33.8. The van der Waals surface area contributed by atoms with Crippen LogP contribution in [0.1, 0.15) is 37.5 Å². The number of aromatic amines is 1. The Morgan fingerprint density at radius 2 is 1.72 bits per heavy atom. The van der Waals surface area contributed by atoms with Crippen LogP contribution in [0.5, 0.6) is 0 Å². The number of para-hydroxylation sites is 2. The van der Waals surface area contributed by atoms with E-state index in [9.17, 15) is 14.7 Å². The quantitative estimate of drug-likeness (QED) is 0.192. The first-order valence-corrected chi connectivity index (χ1v) is 13.4. The van der Waals surface area contributed by atoms with Gasteiger partial charge in [-0.05, 0) is 67.2 Å². The van der Waals surface area contributed by atoms with E-state index in [0.717, 1.165) is 49.4 Å². The molecule has 0 aliphatic carbocycles. The van der Waals surface area contributed by atoms with Crippen molar-refractivity contribution in [2.75, 3.05) is 5.32 Å². The summed E-state index contributed by atoms with van der Waals surface area (Å²) >= 11 is 1.42. The first-order chi connectivity index (χ1) is 18.8. The molecule has 0 aliphatic rings. The molecule has 0 radical (unpaired) electrons. The van der Waals surface area contributed by atoms with E-state index in [1.54, 1.807) is 0 Å². The van der Waals surface area contributed by atoms with Gasteiger partial charge in [-0.1, -0.05) is 54.1 Å². The van der Waals surface area contributed by atoms with Crippen LogP contribution in [0, 0.1) is 20.8 Å². The maximum Gasteiger partial charge on any atom is 0.326 e. The zero-order valence-corrected chi connectivity index (χ0v) is 22.7. The van der Waals surface area contributed by atoms with Crippen LogP contribution in [0.4, 0.5) is 5.95 Å². The number of imidazole rings is 1. The number of amides is 1. The van der Waals surface area contributed by atoms with Crippen molar-refractivity contribution in [2.45, 2.75) is 39.8 Å². The summed E-state index contributed by atoms with van der Waals surface area (Å²) in [5.41, 5.74) is 7.73. The molecule has 3 aromatic carbocycles. The van der Waals surface area contributed by atoms with Crippen molar-refractivity contribution in [1.82, 2.24) is 19.7 Å². The highest BCUT2D eigenvalue weighted by molar-refractivity contribution is 7.06. The zero-order valence-electron chi connectivity index (χ0n) is 21.9. The van der Waals surface area contributed by atoms with Crippen molar-refractivity contribution in [2.24, 2.45) is 0 Å². The van der Waals surface area contributed by atoms with Crippen molar-refractivity contribution < 1.29 is 14.7 Å². The highest BCUT2D eigenvalue weighted by Gasteiger charge is 2.23. The van der Waals surface area contributed by atoms with Crippen LogP contribution in [-0.4, -0.2) is 37.4 Å². The lowest BCUT2D eigenvalue weighted by Gasteiger charge is -2.17. The van der Waals surface area contributed by atoms with Gasteiger partial charge in [0.25, 0.3) is 5.91 Å². The van der Waals surface area contributed by atoms with Crippen molar-refractivity contribution in [3.05, 3.63) is 99.4 Å². The first kappa shape index (κ1) is 26.1. The van der Waals surface area contributed by atoms with E-state index in [1.165, 1.54) is 11.5 Å². The third-order valence-electron chi connectivity index (χ3n) is 6.58. The molecule has 2 heterocycles. The molecule has 0 spiro atoms. The second-order valence-corrected chi connectivity index (χ2v) is 10.6. The van der Waals surface area contributed by atoms with E-state index in [-0.39, 0.29) is 12.3 Å². The SMILES string of the molecule is Cc1cc(C)c(C(=O)NC(Cc2ccc(-c3cc(CNc4nc5ccccc5[nH]4)sn3)cc2)C(=O)O)c(C)c1. The number of nitrogens with one attached hydrogen (secondary N) is 3. The van der Waals surface area contributed by atoms with Crippen LogP contribution in [0.15, 0.2) is 66.7 Å². The van der Waals surface area contributed by atoms with Gasteiger partial charge in [-0.3, -0.25) is 4.79 Å². The molecular formula is C30H29N5O3S. The number of benzene rings is 3. The standard InChI is InChI=1S/C30H29N5O3S/c1-17-12-18(2)27(19(3)13-17)28(36)32-26(29(37)38)14-20-8-10-21(11-9-20)25-15-22(39-35-25)16-31-30-33-23-6-4-5-7-24(23)34-30/h4-13,15,26H,14,16H2,1-3H3,(H,32,36)(H,37,38)(H2,31,33,34). The van der Waals surface area contributed by atoms with Crippen molar-refractivity contribution in [3.63, 3.8) is 0 Å². The molecule has 0 aliphatic heterocycles. The Morgan fingerprint density at radius 3 is 2.41 bits per heavy atom. The van der Waals surface area contributed by atoms with Crippen LogP contribution >= 0.6 is 11.5 Å². The van der Waals surface area contributed by atoms with Gasteiger partial charge in [-0.2, -0.15) is 4.37 Å². The molecule has 4 N–H and O–H groups in total. The lowest BCUT2D eigenvalue weighted by atomic mass is 9.98. The van der Waals surface area contributed by atoms with Crippen LogP contribution in [0.2, 0.25) is 0 Å². The van der Waals surface area contributed by atoms with Crippen molar-refractivity contribution in [3.8, 4) is 11.3 Å². The largest absolute Gasteiger partial charge is 0.480 e. The van der Waals surface area contributed by atoms with Gasteiger partial charge < -0.3 is 20.7 Å². The van der Waals surface area contributed by atoms with Gasteiger partial charge in [-0.25, -0.2) is 9.78 Å². The molecule has 1 amide bonds. The average Bonchev–Trinajstić information content (AvgIpc) is 3.54. The van der Waals surface area contributed by atoms with Crippen LogP contribution < -0.4 is 10.6 Å². The third kappa shape index (κ3) is 5.99. The van der Waals surface area contributed by atoms with E-state index >= 15 is 0 Å². The third-order valence-corrected chi connectivity index (χ3v) is 7.36. The van der Waals surface area contributed by atoms with Gasteiger partial charge in [0, 0.05) is 22.4 Å². The first-order valence-electron chi connectivity index (χ1n) is 12.6. The summed E-state index contributed by atoms with van der Waals surface area (Å²) in [7, 11) is 0. The Morgan fingerprint density at radius 1 is 1.00 bits per heavy atom. The Kier molecular flexibility index (Phi) is 7.42. The number of anilines is 1. The number of hydrogen-bond donors (Lipinski definition) is 4. The number of aliphatic carboxylic acids is 1. The second-order valence-electron chi connectivity index (χ2n) is 9.67. The number of carboxylic acid groups (broad SMARTS) is 1. The predicted octanol–water partition coefficient (Wildman–Crippen LogP) is 5.65. The van der Waals surface area contributed by atoms with E-state index in [1.807, 2.05) is 87.5 Å². The molecule has 39 heavy (non-hydrogen) atoms. The molecule has 5 rings (SSSR count). The fourth-order valence-corrected chi connectivity index (χ4v) is 5.43. The highest BCUT2D eigenvalue weighted by atomic mass is 32.1. The average molecular weight is 540 g/mol. The zero-order chi connectivity index (χ0) is 27.5. The number of rotatable bonds is 9. The van der Waals surface area contributed by atoms with Crippen LogP contribution in [0.3, 0.4) is 0 Å². The minimum absolute atomic E-state index is 0.176. The Labute approximate surface area is 230 Å². The lowest BCUT2D eigenvalue weighted by molar-refractivity contribution is -0.139. The van der Waals surface area contributed by atoms with E-state index in [0.29, 0.717) is 18.1 Å². The van der Waals surface area contributed by atoms with Gasteiger partial charge in [0.2, 0.25) is 5.95 Å². The van der Waals surface area contributed by atoms with Gasteiger partial charge in [0.1, 0.15) is 6.04 Å². The number of carboxylic acids is 1. The van der Waals surface area contributed by atoms with Crippen molar-refractivity contribution in [1.29, 1.82) is 0 Å². The Balaban J connectivity index is 1.22. The summed E-state index contributed by atoms with van der Waals surface area (Å²) in [6, 6.07) is 20.3. The summed E-state index contributed by atoms with van der Waals surface area (Å²) in [5, 5.41) is 15.8. The molecular weight excluding hydrogens is 510 g/mol. The molecule has 1 unspecified atom stereocenters. The summed E-state index contributed by atoms with van der Waals surface area (Å²) < 4.78 is 4.58. The molecule has 2 aromatic heterocycles. The van der Waals surface area contributed by atoms with Crippen LogP contribution in [0.25, 0.3) is 22.3 Å². The number of hydrogen-bond acceptors (Lipinski definition) is 6.